The lowest BCUT2D eigenvalue weighted by Crippen LogP contribution is -2.51. The number of carbonyl (C=O) groups excluding carboxylic acids is 1. The highest BCUT2D eigenvalue weighted by atomic mass is 16.4. The van der Waals surface area contributed by atoms with Crippen molar-refractivity contribution in [3.8, 4) is 0 Å². The second kappa shape index (κ2) is 43.3. The Balaban J connectivity index is 1.18. The minimum absolute atomic E-state index is 0.217. The summed E-state index contributed by atoms with van der Waals surface area (Å²) >= 11 is 0. The largest absolute Gasteiger partial charge is 0.478 e. The summed E-state index contributed by atoms with van der Waals surface area (Å²) in [5.41, 5.74) is 1.76. The van der Waals surface area contributed by atoms with Crippen LogP contribution in [0.1, 0.15) is 324 Å². The summed E-state index contributed by atoms with van der Waals surface area (Å²) in [6.45, 7) is 2.87. The van der Waals surface area contributed by atoms with Gasteiger partial charge in [0.25, 0.3) is 0 Å². The Morgan fingerprint density at radius 2 is 0.712 bits per heavy atom. The predicted molar refractivity (Wildman–Crippen MR) is 315 cm³/mol. The molecule has 2 heterocycles. The fourth-order valence-electron chi connectivity index (χ4n) is 12.3. The topological polar surface area (TPSA) is 72.9 Å². The summed E-state index contributed by atoms with van der Waals surface area (Å²) in [7, 11) is 0. The number of carbonyl (C=O) groups is 2. The molecule has 0 radical (unpaired) electrons. The van der Waals surface area contributed by atoms with Gasteiger partial charge in [-0.05, 0) is 62.2 Å². The molecule has 0 bridgehead atoms. The van der Waals surface area contributed by atoms with Crippen LogP contribution in [0.3, 0.4) is 0 Å². The molecular formula is C67H115N3O3. The molecule has 0 aliphatic carbocycles. The Kier molecular flexibility index (Phi) is 37.1. The van der Waals surface area contributed by atoms with Gasteiger partial charge in [0.1, 0.15) is 5.54 Å². The van der Waals surface area contributed by atoms with Gasteiger partial charge in [-0.25, -0.2) is 4.79 Å². The van der Waals surface area contributed by atoms with Gasteiger partial charge in [-0.3, -0.25) is 4.79 Å². The molecule has 6 nitrogen and oxygen atoms in total. The van der Waals surface area contributed by atoms with E-state index >= 15 is 0 Å². The van der Waals surface area contributed by atoms with Crippen molar-refractivity contribution in [1.29, 1.82) is 0 Å². The van der Waals surface area contributed by atoms with Crippen molar-refractivity contribution in [1.82, 2.24) is 10.2 Å². The maximum Gasteiger partial charge on any atom is 0.335 e. The summed E-state index contributed by atoms with van der Waals surface area (Å²) in [6, 6.07) is 17.6. The lowest BCUT2D eigenvalue weighted by molar-refractivity contribution is -0.133. The molecule has 4 rings (SSSR count). The lowest BCUT2D eigenvalue weighted by Gasteiger charge is -2.37. The van der Waals surface area contributed by atoms with Crippen LogP contribution in [0.15, 0.2) is 54.6 Å². The molecule has 73 heavy (non-hydrogen) atoms. The molecular weight excluding hydrogens is 895 g/mol. The van der Waals surface area contributed by atoms with Crippen LogP contribution in [0.2, 0.25) is 0 Å². The Bertz CT molecular complexity index is 1530. The number of anilines is 1. The molecule has 2 N–H and O–H groups in total. The van der Waals surface area contributed by atoms with Crippen LogP contribution < -0.4 is 10.2 Å². The number of nitrogens with one attached hydrogen (secondary N) is 1. The number of rotatable bonds is 4. The van der Waals surface area contributed by atoms with Crippen LogP contribution in [0.4, 0.5) is 5.69 Å². The van der Waals surface area contributed by atoms with Gasteiger partial charge in [0.2, 0.25) is 5.91 Å². The molecule has 6 heteroatoms. The number of para-hydroxylation sites is 1. The fraction of sp³-hybridized carbons (Fsp3) is 0.791. The Labute approximate surface area is 451 Å². The van der Waals surface area contributed by atoms with Gasteiger partial charge < -0.3 is 20.2 Å². The van der Waals surface area contributed by atoms with Crippen molar-refractivity contribution in [3.63, 3.8) is 0 Å². The average Bonchev–Trinajstić information content (AvgIpc) is 3.67. The number of hydrogen-bond donors (Lipinski definition) is 2. The van der Waals surface area contributed by atoms with E-state index in [0.717, 1.165) is 43.6 Å². The molecule has 0 saturated carbocycles. The van der Waals surface area contributed by atoms with Gasteiger partial charge in [-0.1, -0.05) is 319 Å². The molecule has 1 spiro atoms. The van der Waals surface area contributed by atoms with E-state index in [1.807, 2.05) is 17.0 Å². The zero-order valence-electron chi connectivity index (χ0n) is 47.6. The Morgan fingerprint density at radius 1 is 0.397 bits per heavy atom. The third-order valence-corrected chi connectivity index (χ3v) is 17.1. The van der Waals surface area contributed by atoms with Crippen LogP contribution in [0.5, 0.6) is 0 Å². The van der Waals surface area contributed by atoms with E-state index in [2.05, 4.69) is 40.5 Å². The van der Waals surface area contributed by atoms with E-state index in [9.17, 15) is 14.7 Å². The van der Waals surface area contributed by atoms with Crippen LogP contribution in [0.25, 0.3) is 0 Å². The molecule has 2 aliphatic rings. The smallest absolute Gasteiger partial charge is 0.335 e. The third kappa shape index (κ3) is 29.3. The highest BCUT2D eigenvalue weighted by Gasteiger charge is 2.51. The first-order chi connectivity index (χ1) is 36.1. The number of benzene rings is 2. The quantitative estimate of drug-likeness (QED) is 0.319. The number of amides is 1. The molecule has 2 aromatic rings. The molecule has 2 aromatic carbocycles. The lowest BCUT2D eigenvalue weighted by atomic mass is 9.86. The minimum atomic E-state index is -0.924. The van der Waals surface area contributed by atoms with Crippen molar-refractivity contribution < 1.29 is 14.7 Å². The number of carboxylic acids is 1. The average molecular weight is 1010 g/mol. The van der Waals surface area contributed by atoms with Crippen molar-refractivity contribution in [3.05, 3.63) is 65.7 Å². The fourth-order valence-corrected chi connectivity index (χ4v) is 12.3. The second-order valence-corrected chi connectivity index (χ2v) is 23.5. The van der Waals surface area contributed by atoms with Gasteiger partial charge in [0, 0.05) is 12.2 Å². The van der Waals surface area contributed by atoms with Gasteiger partial charge in [0.15, 0.2) is 0 Å². The molecule has 0 aromatic heterocycles. The molecule has 2 saturated heterocycles. The van der Waals surface area contributed by atoms with Gasteiger partial charge in [-0.15, -0.1) is 0 Å². The van der Waals surface area contributed by atoms with Gasteiger partial charge in [0.05, 0.1) is 12.2 Å². The maximum atomic E-state index is 14.9. The summed E-state index contributed by atoms with van der Waals surface area (Å²) < 4.78 is 0. The van der Waals surface area contributed by atoms with Crippen LogP contribution in [-0.2, 0) is 11.3 Å². The summed E-state index contributed by atoms with van der Waals surface area (Å²) in [5.74, 6) is -0.706. The number of nitrogens with zero attached hydrogens (tertiary/aromatic N) is 2. The van der Waals surface area contributed by atoms with Crippen molar-refractivity contribution in [2.24, 2.45) is 0 Å². The highest BCUT2D eigenvalue weighted by Crippen LogP contribution is 2.39. The number of carboxylic acid groups (broad SMARTS) is 1. The van der Waals surface area contributed by atoms with Crippen LogP contribution >= 0.6 is 0 Å². The minimum Gasteiger partial charge on any atom is -0.478 e. The van der Waals surface area contributed by atoms with E-state index in [4.69, 9.17) is 0 Å². The summed E-state index contributed by atoms with van der Waals surface area (Å²) in [5, 5.41) is 13.3. The molecule has 2 fully saturated rings. The normalized spacial score (nSPS) is 23.4. The number of aromatic carboxylic acids is 1. The van der Waals surface area contributed by atoms with Crippen LogP contribution in [0, 0.1) is 0 Å². The third-order valence-electron chi connectivity index (χ3n) is 17.1. The molecule has 416 valence electrons. The van der Waals surface area contributed by atoms with Crippen molar-refractivity contribution in [2.75, 3.05) is 24.7 Å². The molecule has 1 unspecified atom stereocenters. The van der Waals surface area contributed by atoms with E-state index in [1.165, 1.54) is 289 Å². The molecule has 1 atom stereocenters. The standard InChI is InChI=1S/C67H115N3O3/c71-65(72)63-54-52-62(53-55-63)60-69-61-70(64-50-46-45-47-51-64)67(66(69)73)56-48-43-41-39-37-35-33-31-29-27-25-23-21-19-17-15-13-11-9-7-5-3-1-2-4-6-8-10-12-14-16-18-20-22-24-26-28-30-32-34-36-38-40-42-44-49-58-68-59-57-67/h45-47,50-55,68H,1-44,48-49,56-61H2,(H,71,72). The maximum absolute atomic E-state index is 14.9. The Hall–Kier alpha value is -2.86. The van der Waals surface area contributed by atoms with E-state index in [-0.39, 0.29) is 11.5 Å². The van der Waals surface area contributed by atoms with Crippen molar-refractivity contribution in [2.45, 2.75) is 320 Å². The van der Waals surface area contributed by atoms with E-state index in [1.54, 1.807) is 12.1 Å². The first kappa shape index (κ1) is 62.7. The highest BCUT2D eigenvalue weighted by molar-refractivity contribution is 5.93. The zero-order valence-corrected chi connectivity index (χ0v) is 47.6. The van der Waals surface area contributed by atoms with Gasteiger partial charge >= 0.3 is 5.97 Å². The summed E-state index contributed by atoms with van der Waals surface area (Å²) in [4.78, 5) is 30.9. The first-order valence-electron chi connectivity index (χ1n) is 32.3. The first-order valence-corrected chi connectivity index (χ1v) is 32.3. The van der Waals surface area contributed by atoms with E-state index < -0.39 is 11.5 Å². The summed E-state index contributed by atoms with van der Waals surface area (Å²) in [6.07, 6.45) is 66.4. The zero-order chi connectivity index (χ0) is 51.4. The van der Waals surface area contributed by atoms with Crippen LogP contribution in [-0.4, -0.2) is 47.2 Å². The van der Waals surface area contributed by atoms with E-state index in [0.29, 0.717) is 13.2 Å². The SMILES string of the molecule is O=C(O)c1ccc(CN2CN(c3ccccc3)C3(CCCCCCCCCCCCCCCCCCCCCCCCCCCCCCCCCCCCCCCCCCCCCCCCNCC3)C2=O)cc1. The van der Waals surface area contributed by atoms with Crippen molar-refractivity contribution >= 4 is 17.6 Å². The predicted octanol–water partition coefficient (Wildman–Crippen LogP) is 20.3. The number of hydrogen-bond acceptors (Lipinski definition) is 4. The molecule has 1 amide bonds. The molecule has 2 aliphatic heterocycles. The monoisotopic (exact) mass is 1010 g/mol. The van der Waals surface area contributed by atoms with Gasteiger partial charge in [-0.2, -0.15) is 0 Å². The Morgan fingerprint density at radius 3 is 1.04 bits per heavy atom. The second-order valence-electron chi connectivity index (χ2n) is 23.5.